The van der Waals surface area contributed by atoms with Gasteiger partial charge in [0.2, 0.25) is 5.91 Å². The number of amides is 1. The van der Waals surface area contributed by atoms with Gasteiger partial charge in [0.25, 0.3) is 0 Å². The maximum absolute atomic E-state index is 12.8. The molecule has 2 atom stereocenters. The van der Waals surface area contributed by atoms with E-state index >= 15 is 0 Å². The first kappa shape index (κ1) is 16.5. The fourth-order valence-corrected chi connectivity index (χ4v) is 4.02. The Morgan fingerprint density at radius 1 is 1.30 bits per heavy atom. The molecule has 1 aliphatic carbocycles. The van der Waals surface area contributed by atoms with Crippen molar-refractivity contribution < 1.29 is 9.53 Å². The third-order valence-corrected chi connectivity index (χ3v) is 5.44. The van der Waals surface area contributed by atoms with E-state index in [-0.39, 0.29) is 11.3 Å². The average Bonchev–Trinajstić information content (AvgIpc) is 3.04. The van der Waals surface area contributed by atoms with E-state index in [0.717, 1.165) is 31.7 Å². The molecule has 1 amide bonds. The highest BCUT2D eigenvalue weighted by Gasteiger charge is 2.49. The predicted octanol–water partition coefficient (Wildman–Crippen LogP) is 2.62. The summed E-state index contributed by atoms with van der Waals surface area (Å²) >= 11 is 0. The van der Waals surface area contributed by atoms with Crippen molar-refractivity contribution in [3.05, 3.63) is 35.4 Å². The van der Waals surface area contributed by atoms with Crippen LogP contribution in [-0.4, -0.2) is 25.6 Å². The van der Waals surface area contributed by atoms with Gasteiger partial charge in [-0.3, -0.25) is 4.79 Å². The van der Waals surface area contributed by atoms with Crippen molar-refractivity contribution in [2.24, 2.45) is 11.3 Å². The maximum Gasteiger partial charge on any atom is 0.228 e. The summed E-state index contributed by atoms with van der Waals surface area (Å²) in [6, 6.07) is 8.32. The van der Waals surface area contributed by atoms with E-state index < -0.39 is 0 Å². The molecule has 0 radical (unpaired) electrons. The minimum absolute atomic E-state index is 0.160. The molecule has 1 saturated carbocycles. The number of rotatable bonds is 6. The first-order valence-electron chi connectivity index (χ1n) is 8.89. The lowest BCUT2D eigenvalue weighted by Crippen LogP contribution is -2.47. The largest absolute Gasteiger partial charge is 0.377 e. The zero-order valence-corrected chi connectivity index (χ0v) is 14.1. The minimum Gasteiger partial charge on any atom is -0.377 e. The van der Waals surface area contributed by atoms with Crippen LogP contribution in [0.4, 0.5) is 0 Å². The van der Waals surface area contributed by atoms with Crippen molar-refractivity contribution in [1.29, 1.82) is 0 Å². The maximum atomic E-state index is 12.8. The number of hydrogen-bond donors (Lipinski definition) is 2. The Bertz CT molecular complexity index is 529. The van der Waals surface area contributed by atoms with Gasteiger partial charge in [-0.15, -0.1) is 0 Å². The zero-order chi connectivity index (χ0) is 16.1. The summed E-state index contributed by atoms with van der Waals surface area (Å²) in [5.41, 5.74) is 2.16. The van der Waals surface area contributed by atoms with E-state index in [9.17, 15) is 4.79 Å². The lowest BCUT2D eigenvalue weighted by Gasteiger charge is -2.37. The molecule has 126 valence electrons. The van der Waals surface area contributed by atoms with Gasteiger partial charge in [0.15, 0.2) is 0 Å². The topological polar surface area (TPSA) is 50.4 Å². The van der Waals surface area contributed by atoms with Crippen molar-refractivity contribution >= 4 is 5.91 Å². The van der Waals surface area contributed by atoms with Gasteiger partial charge in [0, 0.05) is 19.7 Å². The Kier molecular flexibility index (Phi) is 5.34. The molecular weight excluding hydrogens is 288 g/mol. The number of benzene rings is 1. The fraction of sp³-hybridized carbons (Fsp3) is 0.632. The third-order valence-electron chi connectivity index (χ3n) is 5.44. The van der Waals surface area contributed by atoms with Crippen LogP contribution in [0.2, 0.25) is 0 Å². The van der Waals surface area contributed by atoms with Crippen LogP contribution in [0.5, 0.6) is 0 Å². The van der Waals surface area contributed by atoms with Crippen LogP contribution in [0, 0.1) is 11.3 Å². The predicted molar refractivity (Wildman–Crippen MR) is 90.9 cm³/mol. The van der Waals surface area contributed by atoms with Gasteiger partial charge in [-0.25, -0.2) is 0 Å². The van der Waals surface area contributed by atoms with Crippen LogP contribution < -0.4 is 10.6 Å². The van der Waals surface area contributed by atoms with Gasteiger partial charge in [-0.2, -0.15) is 0 Å². The molecule has 3 rings (SSSR count). The summed E-state index contributed by atoms with van der Waals surface area (Å²) in [6.45, 7) is 5.84. The second-order valence-corrected chi connectivity index (χ2v) is 6.87. The van der Waals surface area contributed by atoms with E-state index in [1.54, 1.807) is 0 Å². The normalized spacial score (nSPS) is 26.7. The second-order valence-electron chi connectivity index (χ2n) is 6.87. The van der Waals surface area contributed by atoms with Gasteiger partial charge < -0.3 is 15.4 Å². The molecule has 4 heteroatoms. The Labute approximate surface area is 139 Å². The fourth-order valence-electron chi connectivity index (χ4n) is 4.02. The highest BCUT2D eigenvalue weighted by atomic mass is 16.5. The smallest absolute Gasteiger partial charge is 0.228 e. The summed E-state index contributed by atoms with van der Waals surface area (Å²) in [7, 11) is 0. The lowest BCUT2D eigenvalue weighted by molar-refractivity contribution is -0.134. The molecule has 23 heavy (non-hydrogen) atoms. The highest BCUT2D eigenvalue weighted by molar-refractivity contribution is 5.83. The molecule has 0 aromatic heterocycles. The summed E-state index contributed by atoms with van der Waals surface area (Å²) in [5, 5.41) is 6.62. The van der Waals surface area contributed by atoms with Crippen molar-refractivity contribution in [2.75, 3.05) is 19.7 Å². The Morgan fingerprint density at radius 2 is 2.09 bits per heavy atom. The summed E-state index contributed by atoms with van der Waals surface area (Å²) in [5.74, 6) is 0.760. The summed E-state index contributed by atoms with van der Waals surface area (Å²) < 4.78 is 5.41. The van der Waals surface area contributed by atoms with Crippen LogP contribution in [0.15, 0.2) is 24.3 Å². The molecule has 0 spiro atoms. The minimum atomic E-state index is -0.160. The van der Waals surface area contributed by atoms with Crippen LogP contribution >= 0.6 is 0 Å². The van der Waals surface area contributed by atoms with E-state index in [0.29, 0.717) is 19.1 Å². The monoisotopic (exact) mass is 316 g/mol. The van der Waals surface area contributed by atoms with Crippen molar-refractivity contribution in [2.45, 2.75) is 45.8 Å². The number of hydrogen-bond acceptors (Lipinski definition) is 3. The summed E-state index contributed by atoms with van der Waals surface area (Å²) in [6.07, 6.45) is 4.66. The first-order valence-corrected chi connectivity index (χ1v) is 8.89. The number of carbonyl (C=O) groups excluding carboxylic acids is 1. The van der Waals surface area contributed by atoms with Gasteiger partial charge in [0.05, 0.1) is 12.0 Å². The summed E-state index contributed by atoms with van der Waals surface area (Å²) in [4.78, 5) is 12.8. The molecular formula is C19H28N2O2. The van der Waals surface area contributed by atoms with E-state index in [4.69, 9.17) is 4.74 Å². The van der Waals surface area contributed by atoms with Crippen LogP contribution in [0.3, 0.4) is 0 Å². The molecule has 1 aromatic carbocycles. The number of ether oxygens (including phenoxy) is 1. The Hall–Kier alpha value is -1.39. The third kappa shape index (κ3) is 3.59. The first-order chi connectivity index (χ1) is 11.2. The van der Waals surface area contributed by atoms with E-state index in [1.165, 1.54) is 24.8 Å². The molecule has 0 bridgehead atoms. The molecule has 1 heterocycles. The molecule has 1 aromatic rings. The molecule has 1 aliphatic heterocycles. The van der Waals surface area contributed by atoms with Gasteiger partial charge in [-0.05, 0) is 43.4 Å². The van der Waals surface area contributed by atoms with Crippen molar-refractivity contribution in [3.63, 3.8) is 0 Å². The SMILES string of the molecule is CCOCc1ccc(CNC(=O)[C@@]23CCCC[C@H]2CNC3)cc1. The zero-order valence-electron chi connectivity index (χ0n) is 14.1. The van der Waals surface area contributed by atoms with Crippen LogP contribution in [-0.2, 0) is 22.7 Å². The van der Waals surface area contributed by atoms with Gasteiger partial charge in [0.1, 0.15) is 0 Å². The Balaban J connectivity index is 1.56. The van der Waals surface area contributed by atoms with Crippen LogP contribution in [0.25, 0.3) is 0 Å². The molecule has 2 aliphatic rings. The van der Waals surface area contributed by atoms with Crippen LogP contribution in [0.1, 0.15) is 43.7 Å². The van der Waals surface area contributed by atoms with Gasteiger partial charge >= 0.3 is 0 Å². The molecule has 4 nitrogen and oxygen atoms in total. The standard InChI is InChI=1S/C19H28N2O2/c1-2-23-13-16-8-6-15(7-9-16)11-21-18(22)19-10-4-3-5-17(19)12-20-14-19/h6-9,17,20H,2-5,10-14H2,1H3,(H,21,22)/t17-,19+/m0/s1. The van der Waals surface area contributed by atoms with Crippen molar-refractivity contribution in [3.8, 4) is 0 Å². The number of nitrogens with one attached hydrogen (secondary N) is 2. The molecule has 2 N–H and O–H groups in total. The molecule has 1 saturated heterocycles. The molecule has 2 fully saturated rings. The van der Waals surface area contributed by atoms with E-state index in [2.05, 4.69) is 34.9 Å². The van der Waals surface area contributed by atoms with E-state index in [1.807, 2.05) is 6.92 Å². The molecule has 0 unspecified atom stereocenters. The number of fused-ring (bicyclic) bond motifs is 1. The van der Waals surface area contributed by atoms with Crippen molar-refractivity contribution in [1.82, 2.24) is 10.6 Å². The number of carbonyl (C=O) groups is 1. The average molecular weight is 316 g/mol. The quantitative estimate of drug-likeness (QED) is 0.848. The van der Waals surface area contributed by atoms with Gasteiger partial charge in [-0.1, -0.05) is 37.1 Å². The second kappa shape index (κ2) is 7.45. The Morgan fingerprint density at radius 3 is 2.87 bits per heavy atom. The highest BCUT2D eigenvalue weighted by Crippen LogP contribution is 2.43. The lowest BCUT2D eigenvalue weighted by atomic mass is 9.67.